The van der Waals surface area contributed by atoms with E-state index in [9.17, 15) is 4.79 Å². The number of ether oxygens (including phenoxy) is 2. The molecule has 0 aliphatic carbocycles. The van der Waals surface area contributed by atoms with E-state index in [-0.39, 0.29) is 30.8 Å². The molecule has 6 nitrogen and oxygen atoms in total. The number of ketones is 1. The molecule has 0 radical (unpaired) electrons. The first-order chi connectivity index (χ1) is 7.17. The largest absolute Gasteiger partial charge is 0.377 e. The van der Waals surface area contributed by atoms with E-state index in [1.165, 1.54) is 7.11 Å². The first-order valence-corrected chi connectivity index (χ1v) is 4.53. The van der Waals surface area contributed by atoms with Gasteiger partial charge in [-0.15, -0.1) is 0 Å². The van der Waals surface area contributed by atoms with Gasteiger partial charge < -0.3 is 14.0 Å². The summed E-state index contributed by atoms with van der Waals surface area (Å²) < 4.78 is 14.6. The molecule has 1 heterocycles. The molecule has 0 saturated carbocycles. The highest BCUT2D eigenvalue weighted by molar-refractivity contribution is 5.81. The number of nitrogens with zero attached hydrogens (tertiary/aromatic N) is 2. The van der Waals surface area contributed by atoms with Gasteiger partial charge in [-0.3, -0.25) is 4.79 Å². The fourth-order valence-electron chi connectivity index (χ4n) is 0.991. The molecule has 0 amide bonds. The van der Waals surface area contributed by atoms with Crippen molar-refractivity contribution in [2.24, 2.45) is 0 Å². The minimum atomic E-state index is -0.236. The lowest BCUT2D eigenvalue weighted by molar-refractivity contribution is -0.122. The molecule has 0 bridgehead atoms. The predicted molar refractivity (Wildman–Crippen MR) is 50.3 cm³/mol. The Labute approximate surface area is 87.6 Å². The van der Waals surface area contributed by atoms with Crippen molar-refractivity contribution in [3.63, 3.8) is 0 Å². The molecular weight excluding hydrogens is 200 g/mol. The third-order valence-electron chi connectivity index (χ3n) is 1.85. The smallest absolute Gasteiger partial charge is 0.234 e. The van der Waals surface area contributed by atoms with E-state index in [0.29, 0.717) is 5.82 Å². The fraction of sp³-hybridized carbons (Fsp3) is 0.667. The summed E-state index contributed by atoms with van der Waals surface area (Å²) in [7, 11) is 3.01. The average molecular weight is 214 g/mol. The zero-order chi connectivity index (χ0) is 11.3. The topological polar surface area (TPSA) is 74.5 Å². The van der Waals surface area contributed by atoms with Crippen LogP contribution >= 0.6 is 0 Å². The van der Waals surface area contributed by atoms with Crippen molar-refractivity contribution in [2.75, 3.05) is 20.8 Å². The number of carbonyl (C=O) groups excluding carboxylic acids is 1. The van der Waals surface area contributed by atoms with Crippen molar-refractivity contribution >= 4 is 5.78 Å². The molecule has 0 aliphatic heterocycles. The van der Waals surface area contributed by atoms with Crippen molar-refractivity contribution in [3.05, 3.63) is 11.7 Å². The molecular formula is C9H14N2O4. The van der Waals surface area contributed by atoms with Gasteiger partial charge in [0.05, 0.1) is 6.42 Å². The van der Waals surface area contributed by atoms with Crippen molar-refractivity contribution in [2.45, 2.75) is 19.4 Å². The van der Waals surface area contributed by atoms with Crippen LogP contribution in [0.1, 0.15) is 24.7 Å². The minimum absolute atomic E-state index is 0.0531. The predicted octanol–water partition coefficient (Wildman–Crippen LogP) is 0.535. The van der Waals surface area contributed by atoms with Crippen LogP contribution < -0.4 is 0 Å². The molecule has 1 aromatic rings. The molecule has 0 spiro atoms. The molecule has 0 N–H and O–H groups in total. The van der Waals surface area contributed by atoms with Crippen LogP contribution in [-0.4, -0.2) is 36.8 Å². The maximum absolute atomic E-state index is 11.2. The number of Topliss-reactive ketones (excluding diaryl/α,β-unsaturated/α-hetero) is 1. The van der Waals surface area contributed by atoms with Gasteiger partial charge in [-0.05, 0) is 6.92 Å². The van der Waals surface area contributed by atoms with Gasteiger partial charge in [0.1, 0.15) is 12.7 Å². The maximum Gasteiger partial charge on any atom is 0.234 e. The number of hydrogen-bond donors (Lipinski definition) is 0. The van der Waals surface area contributed by atoms with E-state index < -0.39 is 0 Å². The highest BCUT2D eigenvalue weighted by atomic mass is 16.5. The summed E-state index contributed by atoms with van der Waals surface area (Å²) in [6, 6.07) is 0. The quantitative estimate of drug-likeness (QED) is 0.687. The minimum Gasteiger partial charge on any atom is -0.377 e. The van der Waals surface area contributed by atoms with E-state index in [1.54, 1.807) is 14.0 Å². The summed E-state index contributed by atoms with van der Waals surface area (Å²) in [5.41, 5.74) is 0. The van der Waals surface area contributed by atoms with Gasteiger partial charge in [-0.2, -0.15) is 4.98 Å². The summed E-state index contributed by atoms with van der Waals surface area (Å²) in [5.74, 6) is 0.631. The molecule has 1 unspecified atom stereocenters. The van der Waals surface area contributed by atoms with Gasteiger partial charge in [0.25, 0.3) is 0 Å². The van der Waals surface area contributed by atoms with Crippen molar-refractivity contribution in [3.8, 4) is 0 Å². The Morgan fingerprint density at radius 2 is 2.27 bits per heavy atom. The van der Waals surface area contributed by atoms with E-state index in [0.717, 1.165) is 0 Å². The van der Waals surface area contributed by atoms with Crippen molar-refractivity contribution in [1.29, 1.82) is 0 Å². The summed E-state index contributed by atoms with van der Waals surface area (Å²) >= 11 is 0. The Morgan fingerprint density at radius 3 is 2.87 bits per heavy atom. The normalized spacial score (nSPS) is 12.7. The van der Waals surface area contributed by atoms with Crippen LogP contribution in [0.2, 0.25) is 0 Å². The Balaban J connectivity index is 2.56. The summed E-state index contributed by atoms with van der Waals surface area (Å²) in [6.07, 6.45) is -0.142. The highest BCUT2D eigenvalue weighted by Gasteiger charge is 2.14. The van der Waals surface area contributed by atoms with Crippen molar-refractivity contribution < 1.29 is 18.8 Å². The fourth-order valence-corrected chi connectivity index (χ4v) is 0.991. The monoisotopic (exact) mass is 214 g/mol. The highest BCUT2D eigenvalue weighted by Crippen LogP contribution is 2.11. The standard InChI is InChI=1S/C9H14N2O4/c1-6(14-3)9-10-8(15-11-9)4-7(12)5-13-2/h6H,4-5H2,1-3H3. The second-order valence-electron chi connectivity index (χ2n) is 3.07. The van der Waals surface area contributed by atoms with Gasteiger partial charge in [0.2, 0.25) is 5.89 Å². The lowest BCUT2D eigenvalue weighted by Crippen LogP contribution is -2.10. The molecule has 1 atom stereocenters. The molecule has 0 aliphatic rings. The lowest BCUT2D eigenvalue weighted by Gasteiger charge is -2.00. The number of rotatable bonds is 6. The Bertz CT molecular complexity index is 324. The molecule has 84 valence electrons. The van der Waals surface area contributed by atoms with Crippen LogP contribution in [0, 0.1) is 0 Å². The lowest BCUT2D eigenvalue weighted by atomic mass is 10.3. The molecule has 1 rings (SSSR count). The maximum atomic E-state index is 11.2. The third-order valence-corrected chi connectivity index (χ3v) is 1.85. The third kappa shape index (κ3) is 3.41. The van der Waals surface area contributed by atoms with Crippen LogP contribution in [0.25, 0.3) is 0 Å². The first kappa shape index (κ1) is 11.8. The van der Waals surface area contributed by atoms with Gasteiger partial charge >= 0.3 is 0 Å². The van der Waals surface area contributed by atoms with Crippen LogP contribution in [0.3, 0.4) is 0 Å². The number of aromatic nitrogens is 2. The SMILES string of the molecule is COCC(=O)Cc1nc(C(C)OC)no1. The zero-order valence-electron chi connectivity index (χ0n) is 9.02. The van der Waals surface area contributed by atoms with E-state index in [4.69, 9.17) is 9.26 Å². The zero-order valence-corrected chi connectivity index (χ0v) is 9.02. The van der Waals surface area contributed by atoms with Crippen molar-refractivity contribution in [1.82, 2.24) is 10.1 Å². The van der Waals surface area contributed by atoms with Crippen LogP contribution in [0.4, 0.5) is 0 Å². The average Bonchev–Trinajstić information content (AvgIpc) is 2.65. The van der Waals surface area contributed by atoms with E-state index in [2.05, 4.69) is 14.9 Å². The van der Waals surface area contributed by atoms with Crippen LogP contribution in [0.15, 0.2) is 4.52 Å². The van der Waals surface area contributed by atoms with E-state index >= 15 is 0 Å². The number of hydrogen-bond acceptors (Lipinski definition) is 6. The molecule has 0 saturated heterocycles. The Kier molecular flexibility index (Phi) is 4.38. The second kappa shape index (κ2) is 5.57. The summed E-state index contributed by atoms with van der Waals surface area (Å²) in [4.78, 5) is 15.2. The van der Waals surface area contributed by atoms with Gasteiger partial charge in [-0.25, -0.2) is 0 Å². The van der Waals surface area contributed by atoms with Gasteiger partial charge in [-0.1, -0.05) is 5.16 Å². The number of carbonyl (C=O) groups is 1. The molecule has 6 heteroatoms. The summed E-state index contributed by atoms with van der Waals surface area (Å²) in [5, 5.41) is 3.70. The summed E-state index contributed by atoms with van der Waals surface area (Å²) in [6.45, 7) is 1.85. The molecule has 0 fully saturated rings. The molecule has 0 aromatic carbocycles. The van der Waals surface area contributed by atoms with E-state index in [1.807, 2.05) is 0 Å². The first-order valence-electron chi connectivity index (χ1n) is 4.53. The van der Waals surface area contributed by atoms with Crippen LogP contribution in [0.5, 0.6) is 0 Å². The Morgan fingerprint density at radius 1 is 1.53 bits per heavy atom. The van der Waals surface area contributed by atoms with Crippen LogP contribution in [-0.2, 0) is 20.7 Å². The van der Waals surface area contributed by atoms with Gasteiger partial charge in [0.15, 0.2) is 11.6 Å². The number of methoxy groups -OCH3 is 2. The second-order valence-corrected chi connectivity index (χ2v) is 3.07. The van der Waals surface area contributed by atoms with Gasteiger partial charge in [0, 0.05) is 14.2 Å². The Hall–Kier alpha value is -1.27. The molecule has 15 heavy (non-hydrogen) atoms. The molecule has 1 aromatic heterocycles.